The van der Waals surface area contributed by atoms with Gasteiger partial charge < -0.3 is 14.9 Å². The molecule has 0 spiro atoms. The molecule has 0 heterocycles. The molecule has 0 bridgehead atoms. The lowest BCUT2D eigenvalue weighted by Crippen LogP contribution is -2.63. The summed E-state index contributed by atoms with van der Waals surface area (Å²) in [6.07, 6.45) is 8.62. The second-order valence-corrected chi connectivity index (χ2v) is 11.3. The second-order valence-electron chi connectivity index (χ2n) is 11.3. The Hall–Kier alpha value is -1.79. The first-order chi connectivity index (χ1) is 15.5. The van der Waals surface area contributed by atoms with Gasteiger partial charge in [-0.15, -0.1) is 0 Å². The summed E-state index contributed by atoms with van der Waals surface area (Å²) in [4.78, 5) is 38.0. The minimum Gasteiger partial charge on any atom is -0.450 e. The summed E-state index contributed by atoms with van der Waals surface area (Å²) in [6.45, 7) is 7.54. The molecule has 4 aliphatic carbocycles. The Morgan fingerprint density at radius 2 is 2.00 bits per heavy atom. The fourth-order valence-electron chi connectivity index (χ4n) is 8.11. The van der Waals surface area contributed by atoms with Gasteiger partial charge in [0.1, 0.15) is 6.61 Å². The zero-order valence-electron chi connectivity index (χ0n) is 20.3. The first-order valence-electron chi connectivity index (χ1n) is 12.5. The molecule has 0 radical (unpaired) electrons. The molecular formula is C27H38O6. The van der Waals surface area contributed by atoms with Crippen LogP contribution >= 0.6 is 0 Å². The van der Waals surface area contributed by atoms with Crippen molar-refractivity contribution in [3.8, 4) is 0 Å². The van der Waals surface area contributed by atoms with E-state index in [-0.39, 0.29) is 35.9 Å². The van der Waals surface area contributed by atoms with E-state index in [4.69, 9.17) is 4.74 Å². The van der Waals surface area contributed by atoms with Crippen LogP contribution in [0.2, 0.25) is 0 Å². The Balaban J connectivity index is 1.74. The Labute approximate surface area is 196 Å². The zero-order chi connectivity index (χ0) is 24.2. The molecule has 0 saturated heterocycles. The van der Waals surface area contributed by atoms with Gasteiger partial charge in [-0.05, 0) is 62.0 Å². The number of aliphatic hydroxyl groups excluding tert-OH is 2. The lowest BCUT2D eigenvalue weighted by Gasteiger charge is -2.61. The molecule has 182 valence electrons. The van der Waals surface area contributed by atoms with Gasteiger partial charge in [0.2, 0.25) is 5.78 Å². The third kappa shape index (κ3) is 3.47. The fraction of sp³-hybridized carbons (Fsp3) is 0.741. The summed E-state index contributed by atoms with van der Waals surface area (Å²) in [5.41, 5.74) is -1.48. The third-order valence-corrected chi connectivity index (χ3v) is 9.55. The largest absolute Gasteiger partial charge is 0.450 e. The highest BCUT2D eigenvalue weighted by Gasteiger charge is 2.70. The van der Waals surface area contributed by atoms with Crippen LogP contribution in [0.4, 0.5) is 0 Å². The first-order valence-corrected chi connectivity index (χ1v) is 12.5. The molecule has 4 rings (SSSR count). The van der Waals surface area contributed by atoms with E-state index in [0.29, 0.717) is 25.7 Å². The van der Waals surface area contributed by atoms with Crippen LogP contribution < -0.4 is 0 Å². The van der Waals surface area contributed by atoms with Crippen LogP contribution in [-0.2, 0) is 19.1 Å². The van der Waals surface area contributed by atoms with E-state index in [0.717, 1.165) is 18.4 Å². The van der Waals surface area contributed by atoms with Crippen molar-refractivity contribution in [1.29, 1.82) is 0 Å². The molecule has 4 aliphatic rings. The number of ether oxygens (including phenoxy) is 1. The number of esters is 1. The average molecular weight is 459 g/mol. The molecule has 6 nitrogen and oxygen atoms in total. The Morgan fingerprint density at radius 1 is 1.27 bits per heavy atom. The van der Waals surface area contributed by atoms with Crippen molar-refractivity contribution in [1.82, 2.24) is 0 Å². The Morgan fingerprint density at radius 3 is 2.67 bits per heavy atom. The molecule has 3 saturated carbocycles. The van der Waals surface area contributed by atoms with Crippen molar-refractivity contribution < 1.29 is 29.3 Å². The maximum absolute atomic E-state index is 13.2. The number of Topliss-reactive ketones (excluding diaryl/α,β-unsaturated/α-hetero) is 1. The molecule has 6 heteroatoms. The number of hydrogen-bond acceptors (Lipinski definition) is 6. The highest BCUT2D eigenvalue weighted by molar-refractivity contribution is 6.01. The van der Waals surface area contributed by atoms with E-state index in [9.17, 15) is 24.6 Å². The number of unbranched alkanes of at least 4 members (excludes halogenated alkanes) is 1. The summed E-state index contributed by atoms with van der Waals surface area (Å²) in [5.74, 6) is -0.561. The number of fused-ring (bicyclic) bond motifs is 5. The normalized spacial score (nSPS) is 43.9. The van der Waals surface area contributed by atoms with Gasteiger partial charge in [0.05, 0.1) is 6.10 Å². The van der Waals surface area contributed by atoms with E-state index in [1.54, 1.807) is 12.2 Å². The van der Waals surface area contributed by atoms with Gasteiger partial charge in [-0.25, -0.2) is 0 Å². The fourth-order valence-corrected chi connectivity index (χ4v) is 8.11. The number of carbonyl (C=O) groups is 3. The number of rotatable bonds is 6. The highest BCUT2D eigenvalue weighted by atomic mass is 16.6. The molecule has 0 amide bonds. The quantitative estimate of drug-likeness (QED) is 0.591. The summed E-state index contributed by atoms with van der Waals surface area (Å²) in [5, 5.41) is 21.4. The van der Waals surface area contributed by atoms with Crippen molar-refractivity contribution in [2.75, 3.05) is 6.61 Å². The standard InChI is InChI=1S/C27H38O6/c1-5-6-7-23(32)33-27(22(31)15-28)11-9-19-18-12-16(2)20-13-17(29)8-10-25(20,3)24(18)21(30)14-26(19,27)4/h8,10,13,16,18-19,21,24,28,30H,5-7,9,11-12,14-15H2,1-4H3/t16-,18-,19-,21-,24+,25-,26-,27-/m0/s1. The monoisotopic (exact) mass is 458 g/mol. The minimum absolute atomic E-state index is 0.00432. The molecule has 2 N–H and O–H groups in total. The molecule has 0 aromatic carbocycles. The summed E-state index contributed by atoms with van der Waals surface area (Å²) in [6, 6.07) is 0. The van der Waals surface area contributed by atoms with Crippen LogP contribution in [0.15, 0.2) is 23.8 Å². The first kappa shape index (κ1) is 24.3. The second kappa shape index (κ2) is 8.46. The number of allylic oxidation sites excluding steroid dienone is 4. The van der Waals surface area contributed by atoms with Crippen LogP contribution in [0.5, 0.6) is 0 Å². The number of hydrogen-bond donors (Lipinski definition) is 2. The summed E-state index contributed by atoms with van der Waals surface area (Å²) in [7, 11) is 0. The van der Waals surface area contributed by atoms with Gasteiger partial charge in [-0.1, -0.05) is 45.8 Å². The van der Waals surface area contributed by atoms with Gasteiger partial charge in [0, 0.05) is 23.2 Å². The molecule has 0 aromatic heterocycles. The summed E-state index contributed by atoms with van der Waals surface area (Å²) >= 11 is 0. The number of carbonyl (C=O) groups excluding carboxylic acids is 3. The third-order valence-electron chi connectivity index (χ3n) is 9.55. The average Bonchev–Trinajstić information content (AvgIpc) is 3.05. The van der Waals surface area contributed by atoms with Gasteiger partial charge in [-0.2, -0.15) is 0 Å². The molecular weight excluding hydrogens is 420 g/mol. The van der Waals surface area contributed by atoms with Crippen LogP contribution in [0.25, 0.3) is 0 Å². The van der Waals surface area contributed by atoms with Crippen molar-refractivity contribution >= 4 is 17.5 Å². The smallest absolute Gasteiger partial charge is 0.306 e. The number of aliphatic hydroxyl groups is 2. The van der Waals surface area contributed by atoms with E-state index in [2.05, 4.69) is 13.8 Å². The van der Waals surface area contributed by atoms with E-state index in [1.165, 1.54) is 0 Å². The lowest BCUT2D eigenvalue weighted by molar-refractivity contribution is -0.201. The predicted octanol–water partition coefficient (Wildman–Crippen LogP) is 3.54. The van der Waals surface area contributed by atoms with Crippen molar-refractivity contribution in [3.63, 3.8) is 0 Å². The maximum Gasteiger partial charge on any atom is 0.306 e. The molecule has 33 heavy (non-hydrogen) atoms. The number of ketones is 2. The highest BCUT2D eigenvalue weighted by Crippen LogP contribution is 2.68. The predicted molar refractivity (Wildman–Crippen MR) is 123 cm³/mol. The van der Waals surface area contributed by atoms with Crippen molar-refractivity contribution in [2.24, 2.45) is 34.5 Å². The van der Waals surface area contributed by atoms with Crippen LogP contribution in [0, 0.1) is 34.5 Å². The van der Waals surface area contributed by atoms with Crippen molar-refractivity contribution in [2.45, 2.75) is 84.3 Å². The molecule has 0 aliphatic heterocycles. The molecule has 0 aromatic rings. The Kier molecular flexibility index (Phi) is 6.24. The minimum atomic E-state index is -1.40. The van der Waals surface area contributed by atoms with Gasteiger partial charge in [0.25, 0.3) is 0 Å². The maximum atomic E-state index is 13.2. The topological polar surface area (TPSA) is 101 Å². The van der Waals surface area contributed by atoms with Crippen LogP contribution in [0.3, 0.4) is 0 Å². The van der Waals surface area contributed by atoms with E-state index < -0.39 is 40.9 Å². The SMILES string of the molecule is CCCCC(=O)O[C@]1(C(=O)CO)CC[C@H]2[C@@H]3C[C@H](C)C4=CC(=O)C=C[C@]4(C)[C@H]3[C@@H](O)C[C@@]21C. The Bertz CT molecular complexity index is 904. The van der Waals surface area contributed by atoms with Gasteiger partial charge in [-0.3, -0.25) is 14.4 Å². The zero-order valence-corrected chi connectivity index (χ0v) is 20.3. The summed E-state index contributed by atoms with van der Waals surface area (Å²) < 4.78 is 6.00. The van der Waals surface area contributed by atoms with Crippen LogP contribution in [-0.4, -0.2) is 46.1 Å². The van der Waals surface area contributed by atoms with E-state index >= 15 is 0 Å². The van der Waals surface area contributed by atoms with Gasteiger partial charge >= 0.3 is 5.97 Å². The molecule has 0 unspecified atom stereocenters. The molecule has 3 fully saturated rings. The van der Waals surface area contributed by atoms with Crippen molar-refractivity contribution in [3.05, 3.63) is 23.8 Å². The molecule has 8 atom stereocenters. The lowest BCUT2D eigenvalue weighted by atomic mass is 9.44. The van der Waals surface area contributed by atoms with Crippen LogP contribution in [0.1, 0.15) is 72.6 Å². The van der Waals surface area contributed by atoms with E-state index in [1.807, 2.05) is 19.9 Å². The van der Waals surface area contributed by atoms with Gasteiger partial charge in [0.15, 0.2) is 11.4 Å².